The summed E-state index contributed by atoms with van der Waals surface area (Å²) in [5, 5.41) is 9.25. The highest BCUT2D eigenvalue weighted by molar-refractivity contribution is 5.63. The Morgan fingerprint density at radius 3 is 2.57 bits per heavy atom. The Balaban J connectivity index is 2.50. The standard InChI is InChI=1S/C14H24N4O3/c1-9(2)8-18-12(15)11(13(20)16-14(18)21)17(6-7-19)10-4-3-5-10/h9-10,19H,3-8,15H2,1-2H3,(H,16,20,21). The number of aromatic amines is 1. The zero-order valence-electron chi connectivity index (χ0n) is 12.6. The highest BCUT2D eigenvalue weighted by Gasteiger charge is 2.29. The smallest absolute Gasteiger partial charge is 0.330 e. The Morgan fingerprint density at radius 1 is 1.43 bits per heavy atom. The van der Waals surface area contributed by atoms with Crippen LogP contribution < -0.4 is 21.9 Å². The lowest BCUT2D eigenvalue weighted by atomic mass is 9.91. The van der Waals surface area contributed by atoms with E-state index in [1.807, 2.05) is 18.7 Å². The Bertz CT molecular complexity index is 601. The van der Waals surface area contributed by atoms with Gasteiger partial charge in [0.1, 0.15) is 11.5 Å². The number of nitrogens with two attached hydrogens (primary N) is 1. The fourth-order valence-electron chi connectivity index (χ4n) is 2.68. The topological polar surface area (TPSA) is 104 Å². The molecule has 0 aliphatic heterocycles. The first kappa shape index (κ1) is 15.6. The fourth-order valence-corrected chi connectivity index (χ4v) is 2.68. The van der Waals surface area contributed by atoms with Crippen molar-refractivity contribution in [2.45, 2.75) is 45.7 Å². The Labute approximate surface area is 123 Å². The van der Waals surface area contributed by atoms with Gasteiger partial charge in [-0.25, -0.2) is 4.79 Å². The third-order valence-electron chi connectivity index (χ3n) is 3.91. The molecule has 1 fully saturated rings. The van der Waals surface area contributed by atoms with Gasteiger partial charge in [0.05, 0.1) is 6.61 Å². The van der Waals surface area contributed by atoms with Crippen molar-refractivity contribution < 1.29 is 5.11 Å². The van der Waals surface area contributed by atoms with Gasteiger partial charge in [-0.1, -0.05) is 13.8 Å². The second-order valence-electron chi connectivity index (χ2n) is 6.00. The number of H-pyrrole nitrogens is 1. The van der Waals surface area contributed by atoms with Crippen LogP contribution in [0, 0.1) is 5.92 Å². The van der Waals surface area contributed by atoms with E-state index in [-0.39, 0.29) is 24.4 Å². The van der Waals surface area contributed by atoms with E-state index in [0.29, 0.717) is 18.8 Å². The molecule has 7 heteroatoms. The minimum absolute atomic E-state index is 0.0569. The quantitative estimate of drug-likeness (QED) is 0.692. The monoisotopic (exact) mass is 296 g/mol. The second-order valence-corrected chi connectivity index (χ2v) is 6.00. The molecular weight excluding hydrogens is 272 g/mol. The highest BCUT2D eigenvalue weighted by Crippen LogP contribution is 2.30. The van der Waals surface area contributed by atoms with Crippen LogP contribution in [0.15, 0.2) is 9.59 Å². The van der Waals surface area contributed by atoms with E-state index >= 15 is 0 Å². The van der Waals surface area contributed by atoms with E-state index in [4.69, 9.17) is 5.73 Å². The van der Waals surface area contributed by atoms with Crippen LogP contribution in [0.25, 0.3) is 0 Å². The van der Waals surface area contributed by atoms with Crippen LogP contribution in [-0.4, -0.2) is 33.9 Å². The number of aliphatic hydroxyl groups excluding tert-OH is 1. The van der Waals surface area contributed by atoms with Gasteiger partial charge in [-0.3, -0.25) is 14.3 Å². The first-order chi connectivity index (χ1) is 9.95. The van der Waals surface area contributed by atoms with Gasteiger partial charge in [0, 0.05) is 19.1 Å². The largest absolute Gasteiger partial charge is 0.395 e. The number of nitrogen functional groups attached to an aromatic ring is 1. The van der Waals surface area contributed by atoms with Crippen LogP contribution >= 0.6 is 0 Å². The number of hydrogen-bond acceptors (Lipinski definition) is 5. The number of nitrogens with zero attached hydrogens (tertiary/aromatic N) is 2. The van der Waals surface area contributed by atoms with Crippen molar-refractivity contribution in [1.29, 1.82) is 0 Å². The summed E-state index contributed by atoms with van der Waals surface area (Å²) in [6.45, 7) is 4.70. The molecule has 0 saturated heterocycles. The van der Waals surface area contributed by atoms with Crippen molar-refractivity contribution >= 4 is 11.5 Å². The number of aliphatic hydroxyl groups is 1. The number of aromatic nitrogens is 2. The summed E-state index contributed by atoms with van der Waals surface area (Å²) in [5.74, 6) is 0.427. The number of hydrogen-bond donors (Lipinski definition) is 3. The first-order valence-electron chi connectivity index (χ1n) is 7.45. The van der Waals surface area contributed by atoms with Crippen LogP contribution in [0.2, 0.25) is 0 Å². The Hall–Kier alpha value is -1.76. The predicted molar refractivity (Wildman–Crippen MR) is 82.6 cm³/mol. The molecule has 7 nitrogen and oxygen atoms in total. The molecule has 1 aromatic heterocycles. The van der Waals surface area contributed by atoms with Crippen molar-refractivity contribution in [2.75, 3.05) is 23.8 Å². The summed E-state index contributed by atoms with van der Waals surface area (Å²) in [6, 6.07) is 0.213. The summed E-state index contributed by atoms with van der Waals surface area (Å²) in [5.41, 5.74) is 5.46. The molecule has 1 aromatic rings. The lowest BCUT2D eigenvalue weighted by Gasteiger charge is -2.39. The van der Waals surface area contributed by atoms with Crippen molar-refractivity contribution in [2.24, 2.45) is 5.92 Å². The number of anilines is 2. The molecule has 1 heterocycles. The lowest BCUT2D eigenvalue weighted by molar-refractivity contribution is 0.283. The molecule has 118 valence electrons. The molecular formula is C14H24N4O3. The SMILES string of the molecule is CC(C)Cn1c(N)c(N(CCO)C2CCC2)c(=O)[nH]c1=O. The average Bonchev–Trinajstić information content (AvgIpc) is 2.32. The number of rotatable bonds is 6. The van der Waals surface area contributed by atoms with Crippen molar-refractivity contribution in [3.63, 3.8) is 0 Å². The molecule has 1 aliphatic carbocycles. The summed E-state index contributed by atoms with van der Waals surface area (Å²) < 4.78 is 1.41. The van der Waals surface area contributed by atoms with E-state index in [1.165, 1.54) is 4.57 Å². The molecule has 0 aromatic carbocycles. The maximum absolute atomic E-state index is 12.2. The molecule has 0 unspecified atom stereocenters. The fraction of sp³-hybridized carbons (Fsp3) is 0.714. The van der Waals surface area contributed by atoms with Gasteiger partial charge in [-0.05, 0) is 25.2 Å². The molecule has 0 spiro atoms. The second kappa shape index (κ2) is 6.34. The van der Waals surface area contributed by atoms with Gasteiger partial charge in [0.2, 0.25) is 0 Å². The zero-order chi connectivity index (χ0) is 15.6. The maximum Gasteiger partial charge on any atom is 0.330 e. The van der Waals surface area contributed by atoms with E-state index in [2.05, 4.69) is 4.98 Å². The van der Waals surface area contributed by atoms with Gasteiger partial charge in [0.15, 0.2) is 0 Å². The van der Waals surface area contributed by atoms with Gasteiger partial charge in [0.25, 0.3) is 5.56 Å². The van der Waals surface area contributed by atoms with E-state index in [9.17, 15) is 14.7 Å². The summed E-state index contributed by atoms with van der Waals surface area (Å²) in [7, 11) is 0. The van der Waals surface area contributed by atoms with Crippen LogP contribution in [0.5, 0.6) is 0 Å². The minimum atomic E-state index is -0.479. The van der Waals surface area contributed by atoms with Gasteiger partial charge < -0.3 is 15.7 Å². The molecule has 21 heavy (non-hydrogen) atoms. The van der Waals surface area contributed by atoms with Gasteiger partial charge in [-0.2, -0.15) is 0 Å². The maximum atomic E-state index is 12.2. The van der Waals surface area contributed by atoms with Crippen molar-refractivity contribution in [1.82, 2.24) is 9.55 Å². The lowest BCUT2D eigenvalue weighted by Crippen LogP contribution is -2.47. The summed E-state index contributed by atoms with van der Waals surface area (Å²) in [4.78, 5) is 28.3. The van der Waals surface area contributed by atoms with Crippen molar-refractivity contribution in [3.8, 4) is 0 Å². The number of nitrogens with one attached hydrogen (secondary N) is 1. The molecule has 0 bridgehead atoms. The van der Waals surface area contributed by atoms with E-state index < -0.39 is 11.2 Å². The third kappa shape index (κ3) is 3.12. The molecule has 0 amide bonds. The molecule has 1 aliphatic rings. The predicted octanol–water partition coefficient (Wildman–Crippen LogP) is 0.126. The first-order valence-corrected chi connectivity index (χ1v) is 7.45. The minimum Gasteiger partial charge on any atom is -0.395 e. The molecule has 0 atom stereocenters. The van der Waals surface area contributed by atoms with E-state index in [1.54, 1.807) is 0 Å². The normalized spacial score (nSPS) is 15.2. The van der Waals surface area contributed by atoms with Crippen molar-refractivity contribution in [3.05, 3.63) is 20.8 Å². The van der Waals surface area contributed by atoms with Crippen LogP contribution in [0.1, 0.15) is 33.1 Å². The molecule has 2 rings (SSSR count). The van der Waals surface area contributed by atoms with E-state index in [0.717, 1.165) is 19.3 Å². The third-order valence-corrected chi connectivity index (χ3v) is 3.91. The Kier molecular flexibility index (Phi) is 4.72. The molecule has 4 N–H and O–H groups in total. The summed E-state index contributed by atoms with van der Waals surface area (Å²) in [6.07, 6.45) is 3.06. The molecule has 0 radical (unpaired) electrons. The van der Waals surface area contributed by atoms with Gasteiger partial charge in [-0.15, -0.1) is 0 Å². The van der Waals surface area contributed by atoms with Crippen LogP contribution in [0.3, 0.4) is 0 Å². The van der Waals surface area contributed by atoms with Gasteiger partial charge >= 0.3 is 5.69 Å². The van der Waals surface area contributed by atoms with Crippen LogP contribution in [-0.2, 0) is 6.54 Å². The Morgan fingerprint density at radius 2 is 2.10 bits per heavy atom. The highest BCUT2D eigenvalue weighted by atomic mass is 16.3. The average molecular weight is 296 g/mol. The molecule has 1 saturated carbocycles. The summed E-state index contributed by atoms with van der Waals surface area (Å²) >= 11 is 0. The zero-order valence-corrected chi connectivity index (χ0v) is 12.6. The van der Waals surface area contributed by atoms with Crippen LogP contribution in [0.4, 0.5) is 11.5 Å².